The fourth-order valence-corrected chi connectivity index (χ4v) is 1.12. The third-order valence-electron chi connectivity index (χ3n) is 1.74. The van der Waals surface area contributed by atoms with Crippen LogP contribution in [0.4, 0.5) is 0 Å². The molecule has 0 aromatic heterocycles. The molecule has 0 rings (SSSR count). The molecule has 0 aliphatic heterocycles. The monoisotopic (exact) mass is 196 g/mol. The fourth-order valence-electron chi connectivity index (χ4n) is 1.12. The zero-order valence-corrected chi connectivity index (χ0v) is 9.26. The molecule has 0 bridgehead atoms. The normalized spacial score (nSPS) is 12.2. The van der Waals surface area contributed by atoms with Crippen LogP contribution in [-0.2, 0) is 4.79 Å². The molecule has 0 fully saturated rings. The Labute approximate surface area is 86.6 Å². The van der Waals surface area contributed by atoms with Crippen LogP contribution < -0.4 is 10.6 Å². The van der Waals surface area contributed by atoms with Gasteiger partial charge in [-0.05, 0) is 20.3 Å². The lowest BCUT2D eigenvalue weighted by Gasteiger charge is -2.13. The quantitative estimate of drug-likeness (QED) is 0.620. The van der Waals surface area contributed by atoms with Gasteiger partial charge in [-0.3, -0.25) is 10.1 Å². The molecular weight excluding hydrogens is 176 g/mol. The molecule has 14 heavy (non-hydrogen) atoms. The molecule has 3 nitrogen and oxygen atoms in total. The Morgan fingerprint density at radius 1 is 1.50 bits per heavy atom. The van der Waals surface area contributed by atoms with Gasteiger partial charge in [0.1, 0.15) is 0 Å². The van der Waals surface area contributed by atoms with E-state index < -0.39 is 0 Å². The van der Waals surface area contributed by atoms with Crippen LogP contribution in [0.15, 0.2) is 0 Å². The lowest BCUT2D eigenvalue weighted by molar-refractivity contribution is -0.120. The van der Waals surface area contributed by atoms with Crippen molar-refractivity contribution in [3.05, 3.63) is 0 Å². The largest absolute Gasteiger partial charge is 0.353 e. The maximum Gasteiger partial charge on any atom is 0.234 e. The first-order chi connectivity index (χ1) is 6.60. The molecule has 0 aromatic carbocycles. The van der Waals surface area contributed by atoms with Crippen LogP contribution >= 0.6 is 0 Å². The predicted octanol–water partition coefficient (Wildman–Crippen LogP) is 0.902. The second kappa shape index (κ2) is 7.40. The van der Waals surface area contributed by atoms with Gasteiger partial charge in [-0.1, -0.05) is 19.3 Å². The summed E-state index contributed by atoms with van der Waals surface area (Å²) in [5.41, 5.74) is 0. The first-order valence-electron chi connectivity index (χ1n) is 5.09. The lowest BCUT2D eigenvalue weighted by atomic mass is 10.2. The van der Waals surface area contributed by atoms with E-state index in [1.165, 1.54) is 0 Å². The van der Waals surface area contributed by atoms with Gasteiger partial charge in [-0.15, -0.1) is 6.42 Å². The van der Waals surface area contributed by atoms with Crippen molar-refractivity contribution < 1.29 is 4.79 Å². The van der Waals surface area contributed by atoms with E-state index in [1.807, 2.05) is 13.8 Å². The summed E-state index contributed by atoms with van der Waals surface area (Å²) in [7, 11) is 0. The van der Waals surface area contributed by atoms with Crippen molar-refractivity contribution in [3.8, 4) is 12.3 Å². The zero-order chi connectivity index (χ0) is 11.0. The van der Waals surface area contributed by atoms with E-state index in [1.54, 1.807) is 0 Å². The first-order valence-corrected chi connectivity index (χ1v) is 5.09. The molecule has 80 valence electrons. The number of rotatable bonds is 6. The van der Waals surface area contributed by atoms with E-state index in [2.05, 4.69) is 23.5 Å². The molecule has 0 aromatic rings. The van der Waals surface area contributed by atoms with Gasteiger partial charge >= 0.3 is 0 Å². The minimum atomic E-state index is -0.00338. The van der Waals surface area contributed by atoms with Crippen molar-refractivity contribution in [1.82, 2.24) is 10.6 Å². The lowest BCUT2D eigenvalue weighted by Crippen LogP contribution is -2.41. The highest BCUT2D eigenvalue weighted by molar-refractivity contribution is 5.78. The Hall–Kier alpha value is -1.01. The van der Waals surface area contributed by atoms with Gasteiger partial charge in [0.2, 0.25) is 5.91 Å². The van der Waals surface area contributed by atoms with Crippen molar-refractivity contribution >= 4 is 5.91 Å². The second-order valence-corrected chi connectivity index (χ2v) is 3.61. The van der Waals surface area contributed by atoms with Crippen LogP contribution in [0.25, 0.3) is 0 Å². The number of nitrogens with one attached hydrogen (secondary N) is 2. The maximum atomic E-state index is 11.2. The summed E-state index contributed by atoms with van der Waals surface area (Å²) in [5.74, 6) is 2.62. The number of carbonyl (C=O) groups is 1. The molecule has 0 saturated heterocycles. The van der Waals surface area contributed by atoms with E-state index >= 15 is 0 Å². The summed E-state index contributed by atoms with van der Waals surface area (Å²) in [4.78, 5) is 11.2. The molecule has 0 aliphatic carbocycles. The number of carbonyl (C=O) groups excluding carboxylic acids is 1. The van der Waals surface area contributed by atoms with Crippen LogP contribution in [0.2, 0.25) is 0 Å². The van der Waals surface area contributed by atoms with E-state index in [-0.39, 0.29) is 18.0 Å². The molecule has 3 heteroatoms. The molecule has 0 radical (unpaired) electrons. The number of hydrogen-bond donors (Lipinski definition) is 2. The third-order valence-corrected chi connectivity index (χ3v) is 1.74. The van der Waals surface area contributed by atoms with Crippen molar-refractivity contribution in [2.45, 2.75) is 45.7 Å². The van der Waals surface area contributed by atoms with Gasteiger partial charge in [-0.2, -0.15) is 0 Å². The molecule has 1 unspecified atom stereocenters. The van der Waals surface area contributed by atoms with E-state index in [0.29, 0.717) is 6.54 Å². The minimum absolute atomic E-state index is 0.00338. The Balaban J connectivity index is 3.69. The molecule has 1 atom stereocenters. The molecule has 0 saturated carbocycles. The average molecular weight is 196 g/mol. The Bertz CT molecular complexity index is 206. The van der Waals surface area contributed by atoms with Crippen LogP contribution in [0, 0.1) is 12.3 Å². The van der Waals surface area contributed by atoms with Crippen molar-refractivity contribution in [2.75, 3.05) is 6.54 Å². The van der Waals surface area contributed by atoms with E-state index in [0.717, 1.165) is 12.8 Å². The van der Waals surface area contributed by atoms with Gasteiger partial charge in [0.05, 0.1) is 12.6 Å². The van der Waals surface area contributed by atoms with Gasteiger partial charge in [0, 0.05) is 6.04 Å². The highest BCUT2D eigenvalue weighted by Crippen LogP contribution is 1.93. The highest BCUT2D eigenvalue weighted by atomic mass is 16.1. The average Bonchev–Trinajstić information content (AvgIpc) is 2.11. The van der Waals surface area contributed by atoms with Crippen LogP contribution in [0.3, 0.4) is 0 Å². The number of hydrogen-bond acceptors (Lipinski definition) is 2. The Morgan fingerprint density at radius 3 is 2.57 bits per heavy atom. The topological polar surface area (TPSA) is 41.1 Å². The second-order valence-electron chi connectivity index (χ2n) is 3.61. The molecule has 1 amide bonds. The summed E-state index contributed by atoms with van der Waals surface area (Å²) in [6.45, 7) is 6.23. The molecule has 0 heterocycles. The Kier molecular flexibility index (Phi) is 6.87. The summed E-state index contributed by atoms with van der Waals surface area (Å²) >= 11 is 0. The maximum absolute atomic E-state index is 11.2. The van der Waals surface area contributed by atoms with Gasteiger partial charge < -0.3 is 5.32 Å². The third kappa shape index (κ3) is 6.50. The molecule has 2 N–H and O–H groups in total. The first kappa shape index (κ1) is 13.0. The van der Waals surface area contributed by atoms with Crippen molar-refractivity contribution in [2.24, 2.45) is 0 Å². The zero-order valence-electron chi connectivity index (χ0n) is 9.26. The summed E-state index contributed by atoms with van der Waals surface area (Å²) in [6, 6.07) is 0.192. The van der Waals surface area contributed by atoms with Gasteiger partial charge in [0.15, 0.2) is 0 Å². The molecule has 0 aliphatic rings. The molecule has 0 spiro atoms. The summed E-state index contributed by atoms with van der Waals surface area (Å²) in [6.07, 6.45) is 7.23. The van der Waals surface area contributed by atoms with Crippen LogP contribution in [0.1, 0.15) is 33.6 Å². The van der Waals surface area contributed by atoms with Gasteiger partial charge in [0.25, 0.3) is 0 Å². The fraction of sp³-hybridized carbons (Fsp3) is 0.727. The minimum Gasteiger partial charge on any atom is -0.353 e. The summed E-state index contributed by atoms with van der Waals surface area (Å²) in [5, 5.41) is 5.82. The van der Waals surface area contributed by atoms with Crippen molar-refractivity contribution in [1.29, 1.82) is 0 Å². The smallest absolute Gasteiger partial charge is 0.234 e. The molecular formula is C11H20N2O. The van der Waals surface area contributed by atoms with Crippen LogP contribution in [0.5, 0.6) is 0 Å². The number of amides is 1. The predicted molar refractivity (Wildman–Crippen MR) is 58.8 cm³/mol. The standard InChI is InChI=1S/C11H20N2O/c1-5-7-10(6-2)12-8-11(14)13-9(3)4/h2,9-10,12H,5,7-8H2,1,3-4H3,(H,13,14). The highest BCUT2D eigenvalue weighted by Gasteiger charge is 2.06. The number of terminal acetylenes is 1. The van der Waals surface area contributed by atoms with Gasteiger partial charge in [-0.25, -0.2) is 0 Å². The summed E-state index contributed by atoms with van der Waals surface area (Å²) < 4.78 is 0. The van der Waals surface area contributed by atoms with E-state index in [4.69, 9.17) is 6.42 Å². The SMILES string of the molecule is C#CC(CCC)NCC(=O)NC(C)C. The van der Waals surface area contributed by atoms with Crippen molar-refractivity contribution in [3.63, 3.8) is 0 Å². The van der Waals surface area contributed by atoms with E-state index in [9.17, 15) is 4.79 Å². The Morgan fingerprint density at radius 2 is 2.14 bits per heavy atom. The van der Waals surface area contributed by atoms with Crippen LogP contribution in [-0.4, -0.2) is 24.5 Å².